The van der Waals surface area contributed by atoms with E-state index < -0.39 is 22.9 Å². The second-order valence-corrected chi connectivity index (χ2v) is 10.1. The van der Waals surface area contributed by atoms with Crippen molar-refractivity contribution >= 4 is 42.3 Å². The van der Waals surface area contributed by atoms with Gasteiger partial charge in [0.15, 0.2) is 0 Å². The minimum absolute atomic E-state index is 0.0525. The first-order chi connectivity index (χ1) is 17.8. The fraction of sp³-hybridized carbons (Fsp3) is 0.483. The van der Waals surface area contributed by atoms with Crippen LogP contribution in [0.1, 0.15) is 80.4 Å². The van der Waals surface area contributed by atoms with Crippen molar-refractivity contribution in [3.05, 3.63) is 63.8 Å². The number of rotatable bonds is 7. The molecule has 3 aromatic rings. The number of carbonyl (C=O) groups is 1. The summed E-state index contributed by atoms with van der Waals surface area (Å²) in [6.07, 6.45) is 1.47. The topological polar surface area (TPSA) is 70.4 Å². The van der Waals surface area contributed by atoms with E-state index in [9.17, 15) is 9.59 Å². The van der Waals surface area contributed by atoms with Crippen LogP contribution in [0.3, 0.4) is 0 Å². The number of hydrogen-bond acceptors (Lipinski definition) is 6. The van der Waals surface area contributed by atoms with Crippen LogP contribution in [0.2, 0.25) is 0 Å². The number of halogens is 1. The first-order valence-electron chi connectivity index (χ1n) is 12.9. The van der Waals surface area contributed by atoms with Crippen molar-refractivity contribution in [1.29, 1.82) is 0 Å². The summed E-state index contributed by atoms with van der Waals surface area (Å²) in [5.74, 6) is -0.604. The Morgan fingerprint density at radius 2 is 1.74 bits per heavy atom. The molecule has 0 saturated carbocycles. The third-order valence-electron chi connectivity index (χ3n) is 5.43. The highest BCUT2D eigenvalue weighted by Crippen LogP contribution is 2.27. The van der Waals surface area contributed by atoms with Crippen LogP contribution in [-0.2, 0) is 26.2 Å². The Balaban J connectivity index is 0.00000172. The van der Waals surface area contributed by atoms with Crippen molar-refractivity contribution < 1.29 is 18.6 Å². The fourth-order valence-corrected chi connectivity index (χ4v) is 3.41. The van der Waals surface area contributed by atoms with Crippen LogP contribution in [0.5, 0.6) is 0 Å². The molecule has 207 valence electrons. The smallest absolute Gasteiger partial charge is 0.331 e. The lowest BCUT2D eigenvalue weighted by Gasteiger charge is -2.24. The van der Waals surface area contributed by atoms with Crippen LogP contribution < -0.4 is 11.0 Å². The Morgan fingerprint density at radius 3 is 2.29 bits per heavy atom. The maximum atomic E-state index is 15.1. The van der Waals surface area contributed by atoms with Gasteiger partial charge >= 0.3 is 13.5 Å². The molecule has 2 aromatic carbocycles. The van der Waals surface area contributed by atoms with Crippen molar-refractivity contribution in [2.75, 3.05) is 5.75 Å². The summed E-state index contributed by atoms with van der Waals surface area (Å²) in [5.41, 5.74) is 0.823. The van der Waals surface area contributed by atoms with E-state index in [2.05, 4.69) is 17.7 Å². The molecule has 6 nitrogen and oxygen atoms in total. The zero-order valence-corrected chi connectivity index (χ0v) is 25.2. The average Bonchev–Trinajstić information content (AvgIpc) is 2.88. The highest BCUT2D eigenvalue weighted by atomic mass is 32.1. The molecule has 9 heteroatoms. The number of aromatic nitrogens is 2. The van der Waals surface area contributed by atoms with Crippen LogP contribution in [0.4, 0.5) is 4.39 Å². The van der Waals surface area contributed by atoms with Crippen LogP contribution in [0.15, 0.2) is 41.3 Å². The van der Waals surface area contributed by atoms with Crippen LogP contribution in [-0.4, -0.2) is 34.6 Å². The number of hydrogen-bond donors (Lipinski definition) is 1. The van der Waals surface area contributed by atoms with E-state index in [1.165, 1.54) is 19.2 Å². The monoisotopic (exact) mass is 543 g/mol. The molecule has 0 unspecified atom stereocenters. The lowest BCUT2D eigenvalue weighted by Crippen LogP contribution is -2.35. The predicted octanol–water partition coefficient (Wildman–Crippen LogP) is 5.91. The van der Waals surface area contributed by atoms with E-state index in [0.717, 1.165) is 10.2 Å². The molecule has 0 amide bonds. The molecule has 1 aromatic heterocycles. The van der Waals surface area contributed by atoms with Gasteiger partial charge in [-0.2, -0.15) is 22.4 Å². The van der Waals surface area contributed by atoms with E-state index in [-0.39, 0.29) is 17.4 Å². The van der Waals surface area contributed by atoms with Crippen LogP contribution in [0.25, 0.3) is 16.5 Å². The van der Waals surface area contributed by atoms with Gasteiger partial charge in [-0.1, -0.05) is 60.6 Å². The number of fused-ring (bicyclic) bond motifs is 1. The van der Waals surface area contributed by atoms with Crippen LogP contribution in [0, 0.1) is 5.82 Å². The fourth-order valence-electron chi connectivity index (χ4n) is 3.33. The highest BCUT2D eigenvalue weighted by molar-refractivity contribution is 7.80. The summed E-state index contributed by atoms with van der Waals surface area (Å²) in [5, 5.41) is 4.70. The summed E-state index contributed by atoms with van der Waals surface area (Å²) in [6, 6.07) is 8.35. The lowest BCUT2D eigenvalue weighted by molar-refractivity contribution is -0.142. The molecule has 0 aliphatic carbocycles. The largest absolute Gasteiger partial charge is 0.461 e. The summed E-state index contributed by atoms with van der Waals surface area (Å²) >= 11 is 4.30. The quantitative estimate of drug-likeness (QED) is 0.228. The molecular formula is C29H41BFN2O4S. The third-order valence-corrected chi connectivity index (χ3v) is 6.19. The molecule has 38 heavy (non-hydrogen) atoms. The molecule has 0 aliphatic heterocycles. The first kappa shape index (κ1) is 33.4. The van der Waals surface area contributed by atoms with Gasteiger partial charge in [-0.3, -0.25) is 9.59 Å². The average molecular weight is 544 g/mol. The maximum Gasteiger partial charge on any atom is 0.331 e. The molecule has 1 heterocycles. The minimum atomic E-state index is -0.605. The standard InChI is InChI=1S/C25H29BFN2O4S.2C2H6/c1-15(30)32-13-18-19(26-33-25(5,6)14-34)8-7-9-21(18)29-23(31)22-16(12-28-29)10-17(11-20(22)27)24(2,3)4;2*1-2/h7-12,34H,13-14H2,1-6H3;2*1-2H3. The molecule has 0 aliphatic rings. The Kier molecular flexibility index (Phi) is 12.7. The van der Waals surface area contributed by atoms with Gasteiger partial charge in [-0.15, -0.1) is 0 Å². The summed E-state index contributed by atoms with van der Waals surface area (Å²) in [4.78, 5) is 24.9. The van der Waals surface area contributed by atoms with E-state index in [1.807, 2.05) is 62.3 Å². The van der Waals surface area contributed by atoms with Gasteiger partial charge in [-0.25, -0.2) is 4.39 Å². The number of benzene rings is 2. The van der Waals surface area contributed by atoms with Gasteiger partial charge in [0.2, 0.25) is 0 Å². The van der Waals surface area contributed by atoms with E-state index in [0.29, 0.717) is 27.9 Å². The molecule has 0 N–H and O–H groups in total. The number of carbonyl (C=O) groups excluding carboxylic acids is 1. The molecule has 0 saturated heterocycles. The van der Waals surface area contributed by atoms with Gasteiger partial charge in [0, 0.05) is 23.6 Å². The second kappa shape index (κ2) is 14.5. The Morgan fingerprint density at radius 1 is 1.11 bits per heavy atom. The first-order valence-corrected chi connectivity index (χ1v) is 13.6. The van der Waals surface area contributed by atoms with Gasteiger partial charge < -0.3 is 9.39 Å². The Hall–Kier alpha value is -2.65. The van der Waals surface area contributed by atoms with Crippen molar-refractivity contribution in [1.82, 2.24) is 9.78 Å². The molecule has 0 bridgehead atoms. The minimum Gasteiger partial charge on any atom is -0.461 e. The molecule has 0 spiro atoms. The number of ether oxygens (including phenoxy) is 1. The number of nitrogens with zero attached hydrogens (tertiary/aromatic N) is 2. The Bertz CT molecular complexity index is 1290. The van der Waals surface area contributed by atoms with Gasteiger partial charge in [-0.05, 0) is 48.5 Å². The van der Waals surface area contributed by atoms with Crippen molar-refractivity contribution in [3.63, 3.8) is 0 Å². The van der Waals surface area contributed by atoms with E-state index in [4.69, 9.17) is 9.39 Å². The van der Waals surface area contributed by atoms with Gasteiger partial charge in [0.1, 0.15) is 12.4 Å². The predicted molar refractivity (Wildman–Crippen MR) is 159 cm³/mol. The molecule has 0 atom stereocenters. The van der Waals surface area contributed by atoms with E-state index in [1.54, 1.807) is 31.7 Å². The summed E-state index contributed by atoms with van der Waals surface area (Å²) in [6.45, 7) is 18.9. The van der Waals surface area contributed by atoms with Gasteiger partial charge in [0.05, 0.1) is 22.9 Å². The SMILES string of the molecule is CC.CC.CC(=O)OCc1c([B]OC(C)(C)CS)cccc1-n1ncc2cc(C(C)(C)C)cc(F)c2c1=O. The second-order valence-electron chi connectivity index (χ2n) is 9.81. The molecule has 0 fully saturated rings. The van der Waals surface area contributed by atoms with Gasteiger partial charge in [0.25, 0.3) is 5.56 Å². The third kappa shape index (κ3) is 8.43. The normalized spacial score (nSPS) is 11.2. The molecular weight excluding hydrogens is 502 g/mol. The van der Waals surface area contributed by atoms with Crippen molar-refractivity contribution in [3.8, 4) is 5.69 Å². The van der Waals surface area contributed by atoms with Crippen molar-refractivity contribution in [2.24, 2.45) is 0 Å². The molecule has 3 rings (SSSR count). The zero-order valence-electron chi connectivity index (χ0n) is 24.3. The summed E-state index contributed by atoms with van der Waals surface area (Å²) < 4.78 is 27.3. The molecule has 1 radical (unpaired) electrons. The maximum absolute atomic E-state index is 15.1. The number of esters is 1. The lowest BCUT2D eigenvalue weighted by atomic mass is 9.82. The van der Waals surface area contributed by atoms with Crippen molar-refractivity contribution in [2.45, 2.75) is 86.9 Å². The zero-order chi connectivity index (χ0) is 29.3. The van der Waals surface area contributed by atoms with Crippen LogP contribution >= 0.6 is 12.6 Å². The number of thiol groups is 1. The highest BCUT2D eigenvalue weighted by Gasteiger charge is 2.22. The summed E-state index contributed by atoms with van der Waals surface area (Å²) in [7, 11) is 1.54. The van der Waals surface area contributed by atoms with E-state index >= 15 is 4.39 Å². The Labute approximate surface area is 232 Å².